The highest BCUT2D eigenvalue weighted by Gasteiger charge is 2.11. The first-order valence-corrected chi connectivity index (χ1v) is 7.02. The van der Waals surface area contributed by atoms with Crippen LogP contribution in [0.5, 0.6) is 5.75 Å². The zero-order valence-corrected chi connectivity index (χ0v) is 11.7. The fourth-order valence-corrected chi connectivity index (χ4v) is 2.37. The van der Waals surface area contributed by atoms with E-state index in [0.29, 0.717) is 6.54 Å². The summed E-state index contributed by atoms with van der Waals surface area (Å²) in [4.78, 5) is 2.38. The molecule has 0 atom stereocenters. The Morgan fingerprint density at radius 3 is 2.84 bits per heavy atom. The molecule has 4 nitrogen and oxygen atoms in total. The van der Waals surface area contributed by atoms with Gasteiger partial charge in [0.05, 0.1) is 13.2 Å². The van der Waals surface area contributed by atoms with Crippen LogP contribution < -0.4 is 10.5 Å². The number of nitrogens with two attached hydrogens (primary N) is 1. The van der Waals surface area contributed by atoms with Crippen molar-refractivity contribution in [3.8, 4) is 5.75 Å². The van der Waals surface area contributed by atoms with Gasteiger partial charge in [0.2, 0.25) is 0 Å². The molecule has 2 rings (SSSR count). The number of morpholine rings is 1. The Labute approximate surface area is 115 Å². The molecule has 1 aliphatic heterocycles. The van der Waals surface area contributed by atoms with Crippen LogP contribution in [0.3, 0.4) is 0 Å². The van der Waals surface area contributed by atoms with E-state index in [1.165, 1.54) is 11.1 Å². The minimum Gasteiger partial charge on any atom is -0.492 e. The molecule has 2 N–H and O–H groups in total. The monoisotopic (exact) mass is 264 g/mol. The van der Waals surface area contributed by atoms with Crippen LogP contribution in [-0.2, 0) is 11.2 Å². The Hall–Kier alpha value is -1.10. The van der Waals surface area contributed by atoms with Gasteiger partial charge < -0.3 is 15.2 Å². The van der Waals surface area contributed by atoms with Gasteiger partial charge in [-0.25, -0.2) is 0 Å². The fraction of sp³-hybridized carbons (Fsp3) is 0.600. The van der Waals surface area contributed by atoms with E-state index in [0.717, 1.165) is 51.6 Å². The lowest BCUT2D eigenvalue weighted by molar-refractivity contribution is 0.0321. The van der Waals surface area contributed by atoms with Crippen LogP contribution in [0.15, 0.2) is 18.2 Å². The van der Waals surface area contributed by atoms with Gasteiger partial charge in [-0.3, -0.25) is 4.90 Å². The molecule has 1 aliphatic rings. The smallest absolute Gasteiger partial charge is 0.125 e. The van der Waals surface area contributed by atoms with Gasteiger partial charge in [0.15, 0.2) is 0 Å². The number of rotatable bonds is 6. The number of para-hydroxylation sites is 1. The normalized spacial score (nSPS) is 16.5. The van der Waals surface area contributed by atoms with Crippen molar-refractivity contribution in [2.75, 3.05) is 46.0 Å². The quantitative estimate of drug-likeness (QED) is 0.839. The van der Waals surface area contributed by atoms with Gasteiger partial charge in [0.25, 0.3) is 0 Å². The first-order chi connectivity index (χ1) is 9.31. The molecule has 1 fully saturated rings. The van der Waals surface area contributed by atoms with Crippen molar-refractivity contribution < 1.29 is 9.47 Å². The van der Waals surface area contributed by atoms with Gasteiger partial charge in [-0.05, 0) is 31.0 Å². The van der Waals surface area contributed by atoms with E-state index in [1.807, 2.05) is 0 Å². The molecule has 0 bridgehead atoms. The number of hydrogen-bond acceptors (Lipinski definition) is 4. The molecule has 0 spiro atoms. The zero-order valence-electron chi connectivity index (χ0n) is 11.7. The van der Waals surface area contributed by atoms with E-state index < -0.39 is 0 Å². The van der Waals surface area contributed by atoms with Crippen molar-refractivity contribution in [1.29, 1.82) is 0 Å². The molecule has 4 heteroatoms. The Bertz CT molecular complexity index is 390. The van der Waals surface area contributed by atoms with Gasteiger partial charge in [0.1, 0.15) is 12.4 Å². The summed E-state index contributed by atoms with van der Waals surface area (Å²) in [5.74, 6) is 1.02. The molecular formula is C15H24N2O2. The largest absolute Gasteiger partial charge is 0.492 e. The van der Waals surface area contributed by atoms with Crippen molar-refractivity contribution in [1.82, 2.24) is 4.90 Å². The van der Waals surface area contributed by atoms with Crippen LogP contribution >= 0.6 is 0 Å². The van der Waals surface area contributed by atoms with Gasteiger partial charge in [0, 0.05) is 19.6 Å². The van der Waals surface area contributed by atoms with Crippen LogP contribution in [0.4, 0.5) is 0 Å². The number of aryl methyl sites for hydroxylation is 1. The van der Waals surface area contributed by atoms with Gasteiger partial charge in [-0.2, -0.15) is 0 Å². The second-order valence-corrected chi connectivity index (χ2v) is 4.90. The van der Waals surface area contributed by atoms with Crippen LogP contribution in [0.2, 0.25) is 0 Å². The van der Waals surface area contributed by atoms with Crippen molar-refractivity contribution in [2.45, 2.75) is 13.3 Å². The highest BCUT2D eigenvalue weighted by atomic mass is 16.5. The third kappa shape index (κ3) is 4.20. The predicted molar refractivity (Wildman–Crippen MR) is 76.7 cm³/mol. The lowest BCUT2D eigenvalue weighted by Crippen LogP contribution is -2.38. The fourth-order valence-electron chi connectivity index (χ4n) is 2.37. The Balaban J connectivity index is 1.87. The SMILES string of the molecule is Cc1cccc(CCN)c1OCCN1CCOCC1. The van der Waals surface area contributed by atoms with E-state index in [2.05, 4.69) is 30.0 Å². The number of hydrogen-bond donors (Lipinski definition) is 1. The molecule has 1 saturated heterocycles. The summed E-state index contributed by atoms with van der Waals surface area (Å²) in [5, 5.41) is 0. The average Bonchev–Trinajstić information content (AvgIpc) is 2.43. The number of ether oxygens (including phenoxy) is 2. The highest BCUT2D eigenvalue weighted by Crippen LogP contribution is 2.23. The molecular weight excluding hydrogens is 240 g/mol. The van der Waals surface area contributed by atoms with E-state index in [-0.39, 0.29) is 0 Å². The highest BCUT2D eigenvalue weighted by molar-refractivity contribution is 5.40. The average molecular weight is 264 g/mol. The molecule has 0 unspecified atom stereocenters. The Morgan fingerprint density at radius 2 is 2.11 bits per heavy atom. The van der Waals surface area contributed by atoms with Crippen molar-refractivity contribution in [2.24, 2.45) is 5.73 Å². The molecule has 0 aromatic heterocycles. The van der Waals surface area contributed by atoms with Crippen LogP contribution in [0.1, 0.15) is 11.1 Å². The molecule has 0 amide bonds. The van der Waals surface area contributed by atoms with Crippen LogP contribution in [-0.4, -0.2) is 50.9 Å². The van der Waals surface area contributed by atoms with Gasteiger partial charge in [-0.15, -0.1) is 0 Å². The van der Waals surface area contributed by atoms with E-state index in [4.69, 9.17) is 15.2 Å². The minimum absolute atomic E-state index is 0.656. The molecule has 1 aromatic carbocycles. The third-order valence-corrected chi connectivity index (χ3v) is 3.46. The van der Waals surface area contributed by atoms with E-state index in [9.17, 15) is 0 Å². The first kappa shape index (κ1) is 14.3. The lowest BCUT2D eigenvalue weighted by atomic mass is 10.1. The van der Waals surface area contributed by atoms with Crippen molar-refractivity contribution >= 4 is 0 Å². The zero-order chi connectivity index (χ0) is 13.5. The third-order valence-electron chi connectivity index (χ3n) is 3.46. The number of benzene rings is 1. The van der Waals surface area contributed by atoms with Gasteiger partial charge in [-0.1, -0.05) is 18.2 Å². The van der Waals surface area contributed by atoms with E-state index in [1.54, 1.807) is 0 Å². The number of nitrogens with zero attached hydrogens (tertiary/aromatic N) is 1. The maximum absolute atomic E-state index is 5.99. The minimum atomic E-state index is 0.656. The maximum atomic E-state index is 5.99. The summed E-state index contributed by atoms with van der Waals surface area (Å²) >= 11 is 0. The Kier molecular flexibility index (Phi) is 5.63. The first-order valence-electron chi connectivity index (χ1n) is 7.02. The second kappa shape index (κ2) is 7.48. The van der Waals surface area contributed by atoms with Crippen molar-refractivity contribution in [3.63, 3.8) is 0 Å². The topological polar surface area (TPSA) is 47.7 Å². The molecule has 0 saturated carbocycles. The second-order valence-electron chi connectivity index (χ2n) is 4.90. The molecule has 0 radical (unpaired) electrons. The van der Waals surface area contributed by atoms with Crippen LogP contribution in [0.25, 0.3) is 0 Å². The summed E-state index contributed by atoms with van der Waals surface area (Å²) in [6.45, 7) is 8.11. The van der Waals surface area contributed by atoms with Crippen LogP contribution in [0, 0.1) is 6.92 Å². The molecule has 106 valence electrons. The summed E-state index contributed by atoms with van der Waals surface area (Å²) in [5.41, 5.74) is 8.05. The molecule has 19 heavy (non-hydrogen) atoms. The van der Waals surface area contributed by atoms with E-state index >= 15 is 0 Å². The summed E-state index contributed by atoms with van der Waals surface area (Å²) < 4.78 is 11.3. The molecule has 1 aromatic rings. The molecule has 0 aliphatic carbocycles. The summed E-state index contributed by atoms with van der Waals surface area (Å²) in [6.07, 6.45) is 0.870. The summed E-state index contributed by atoms with van der Waals surface area (Å²) in [7, 11) is 0. The standard InChI is InChI=1S/C15H24N2O2/c1-13-3-2-4-14(5-6-16)15(13)19-12-9-17-7-10-18-11-8-17/h2-4H,5-12,16H2,1H3. The van der Waals surface area contributed by atoms with Gasteiger partial charge >= 0.3 is 0 Å². The maximum Gasteiger partial charge on any atom is 0.125 e. The molecule has 1 heterocycles. The Morgan fingerprint density at radius 1 is 1.32 bits per heavy atom. The predicted octanol–water partition coefficient (Wildman–Crippen LogP) is 1.21. The van der Waals surface area contributed by atoms with Crippen molar-refractivity contribution in [3.05, 3.63) is 29.3 Å². The summed E-state index contributed by atoms with van der Waals surface area (Å²) in [6, 6.07) is 6.25. The lowest BCUT2D eigenvalue weighted by Gasteiger charge is -2.26.